The van der Waals surface area contributed by atoms with Crippen molar-refractivity contribution < 1.29 is 9.53 Å². The largest absolute Gasteiger partial charge is 0.381 e. The average molecular weight is 389 g/mol. The number of carbonyl (C=O) groups excluding carboxylic acids is 1. The van der Waals surface area contributed by atoms with Crippen LogP contribution in [0.25, 0.3) is 0 Å². The first-order chi connectivity index (χ1) is 13.1. The Morgan fingerprint density at radius 1 is 1.15 bits per heavy atom. The molecule has 0 atom stereocenters. The molecule has 3 rings (SSSR count). The topological polar surface area (TPSA) is 60.3 Å². The van der Waals surface area contributed by atoms with E-state index >= 15 is 0 Å². The second kappa shape index (κ2) is 9.20. The Morgan fingerprint density at radius 3 is 2.70 bits per heavy atom. The minimum absolute atomic E-state index is 0.00338. The van der Waals surface area contributed by atoms with E-state index in [-0.39, 0.29) is 11.5 Å². The van der Waals surface area contributed by atoms with Crippen LogP contribution in [0.3, 0.4) is 0 Å². The Morgan fingerprint density at radius 2 is 1.96 bits per heavy atom. The van der Waals surface area contributed by atoms with Gasteiger partial charge in [-0.05, 0) is 49.4 Å². The number of rotatable bonds is 7. The zero-order chi connectivity index (χ0) is 19.1. The van der Waals surface area contributed by atoms with Gasteiger partial charge in [-0.25, -0.2) is 0 Å². The van der Waals surface area contributed by atoms with Crippen molar-refractivity contribution in [1.82, 2.24) is 9.88 Å². The Kier molecular flexibility index (Phi) is 6.69. The summed E-state index contributed by atoms with van der Waals surface area (Å²) in [6.07, 6.45) is 4.74. The summed E-state index contributed by atoms with van der Waals surface area (Å²) in [4.78, 5) is 24.7. The highest BCUT2D eigenvalue weighted by Gasteiger charge is 2.41. The Hall–Kier alpha value is -2.11. The third kappa shape index (κ3) is 4.79. The molecule has 2 heterocycles. The lowest BCUT2D eigenvalue weighted by atomic mass is 9.73. The van der Waals surface area contributed by atoms with Crippen LogP contribution in [-0.4, -0.2) is 30.2 Å². The highest BCUT2D eigenvalue weighted by Crippen LogP contribution is 2.36. The lowest BCUT2D eigenvalue weighted by molar-refractivity contribution is -0.130. The fourth-order valence-corrected chi connectivity index (χ4v) is 3.77. The molecule has 1 aromatic carbocycles. The number of aryl methyl sites for hydroxylation is 1. The molecule has 1 fully saturated rings. The molecule has 1 N–H and O–H groups in total. The van der Waals surface area contributed by atoms with E-state index in [0.29, 0.717) is 44.2 Å². The van der Waals surface area contributed by atoms with E-state index < -0.39 is 5.41 Å². The SMILES string of the molecule is O=C(NCCCCn1ccccc1=O)C1(c2cccc(Cl)c2)CCOCC1. The predicted molar refractivity (Wildman–Crippen MR) is 106 cm³/mol. The highest BCUT2D eigenvalue weighted by molar-refractivity contribution is 6.30. The smallest absolute Gasteiger partial charge is 0.250 e. The van der Waals surface area contributed by atoms with Gasteiger partial charge in [-0.1, -0.05) is 29.8 Å². The van der Waals surface area contributed by atoms with Gasteiger partial charge in [0, 0.05) is 43.6 Å². The second-order valence-corrected chi connectivity index (χ2v) is 7.34. The summed E-state index contributed by atoms with van der Waals surface area (Å²) in [5, 5.41) is 3.73. The molecule has 1 aliphatic rings. The van der Waals surface area contributed by atoms with E-state index in [1.165, 1.54) is 0 Å². The number of ether oxygens (including phenoxy) is 1. The van der Waals surface area contributed by atoms with Crippen molar-refractivity contribution in [2.75, 3.05) is 19.8 Å². The maximum Gasteiger partial charge on any atom is 0.250 e. The molecule has 144 valence electrons. The van der Waals surface area contributed by atoms with Gasteiger partial charge in [-0.3, -0.25) is 9.59 Å². The van der Waals surface area contributed by atoms with Gasteiger partial charge in [0.15, 0.2) is 0 Å². The van der Waals surface area contributed by atoms with Crippen LogP contribution in [0.15, 0.2) is 53.5 Å². The van der Waals surface area contributed by atoms with E-state index in [9.17, 15) is 9.59 Å². The van der Waals surface area contributed by atoms with Crippen molar-refractivity contribution in [3.63, 3.8) is 0 Å². The third-order valence-corrected chi connectivity index (χ3v) is 5.40. The van der Waals surface area contributed by atoms with Crippen LogP contribution in [0.4, 0.5) is 0 Å². The molecule has 1 aromatic heterocycles. The van der Waals surface area contributed by atoms with Crippen molar-refractivity contribution in [2.45, 2.75) is 37.6 Å². The first kappa shape index (κ1) is 19.6. The van der Waals surface area contributed by atoms with Crippen molar-refractivity contribution in [3.8, 4) is 0 Å². The summed E-state index contributed by atoms with van der Waals surface area (Å²) >= 11 is 6.16. The molecular weight excluding hydrogens is 364 g/mol. The fourth-order valence-electron chi connectivity index (χ4n) is 3.58. The van der Waals surface area contributed by atoms with Crippen molar-refractivity contribution in [2.24, 2.45) is 0 Å². The van der Waals surface area contributed by atoms with Crippen LogP contribution in [-0.2, 0) is 21.5 Å². The number of hydrogen-bond acceptors (Lipinski definition) is 3. The fraction of sp³-hybridized carbons (Fsp3) is 0.429. The van der Waals surface area contributed by atoms with E-state index in [2.05, 4.69) is 5.32 Å². The Bertz CT molecular complexity index is 828. The summed E-state index contributed by atoms with van der Waals surface area (Å²) in [5.41, 5.74) is 0.370. The molecule has 6 heteroatoms. The van der Waals surface area contributed by atoms with Crippen LogP contribution in [0.2, 0.25) is 5.02 Å². The number of unbranched alkanes of at least 4 members (excludes halogenated alkanes) is 1. The van der Waals surface area contributed by atoms with Gasteiger partial charge in [0.2, 0.25) is 11.5 Å². The number of pyridine rings is 1. The molecular formula is C21H25ClN2O3. The maximum atomic E-state index is 13.1. The number of hydrogen-bond donors (Lipinski definition) is 1. The molecule has 27 heavy (non-hydrogen) atoms. The molecule has 0 radical (unpaired) electrons. The van der Waals surface area contributed by atoms with Gasteiger partial charge in [0.1, 0.15) is 0 Å². The van der Waals surface area contributed by atoms with Gasteiger partial charge in [-0.2, -0.15) is 0 Å². The third-order valence-electron chi connectivity index (χ3n) is 5.17. The second-order valence-electron chi connectivity index (χ2n) is 6.90. The number of aromatic nitrogens is 1. The molecule has 1 saturated heterocycles. The molecule has 0 aliphatic carbocycles. The van der Waals surface area contributed by atoms with Gasteiger partial charge >= 0.3 is 0 Å². The molecule has 1 aliphatic heterocycles. The molecule has 0 spiro atoms. The monoisotopic (exact) mass is 388 g/mol. The van der Waals surface area contributed by atoms with Crippen molar-refractivity contribution >= 4 is 17.5 Å². The zero-order valence-electron chi connectivity index (χ0n) is 15.3. The lowest BCUT2D eigenvalue weighted by Crippen LogP contribution is -2.48. The summed E-state index contributed by atoms with van der Waals surface area (Å²) in [5.74, 6) is 0.0324. The van der Waals surface area contributed by atoms with E-state index in [0.717, 1.165) is 18.4 Å². The molecule has 1 amide bonds. The first-order valence-corrected chi connectivity index (χ1v) is 9.77. The molecule has 0 bridgehead atoms. The number of amides is 1. The maximum absolute atomic E-state index is 13.1. The number of halogens is 1. The van der Waals surface area contributed by atoms with Crippen LogP contribution < -0.4 is 10.9 Å². The van der Waals surface area contributed by atoms with E-state index in [1.54, 1.807) is 22.9 Å². The van der Waals surface area contributed by atoms with E-state index in [4.69, 9.17) is 16.3 Å². The minimum atomic E-state index is -0.584. The lowest BCUT2D eigenvalue weighted by Gasteiger charge is -2.36. The van der Waals surface area contributed by atoms with Crippen molar-refractivity contribution in [3.05, 3.63) is 69.6 Å². The number of benzene rings is 1. The number of nitrogens with one attached hydrogen (secondary N) is 1. The van der Waals surface area contributed by atoms with Gasteiger partial charge in [0.05, 0.1) is 5.41 Å². The van der Waals surface area contributed by atoms with Gasteiger partial charge in [0.25, 0.3) is 0 Å². The highest BCUT2D eigenvalue weighted by atomic mass is 35.5. The Balaban J connectivity index is 1.57. The van der Waals surface area contributed by atoms with Crippen LogP contribution in [0.1, 0.15) is 31.2 Å². The standard InChI is InChI=1S/C21H25ClN2O3/c22-18-7-5-6-17(16-18)21(9-14-27-15-10-21)20(26)23-11-2-4-13-24-12-3-1-8-19(24)25/h1,3,5-8,12,16H,2,4,9-11,13-15H2,(H,23,26). The average Bonchev–Trinajstić information content (AvgIpc) is 2.69. The molecule has 5 nitrogen and oxygen atoms in total. The van der Waals surface area contributed by atoms with Gasteiger partial charge < -0.3 is 14.6 Å². The summed E-state index contributed by atoms with van der Waals surface area (Å²) in [6.45, 7) is 2.38. The minimum Gasteiger partial charge on any atom is -0.381 e. The van der Waals surface area contributed by atoms with Crippen LogP contribution in [0.5, 0.6) is 0 Å². The van der Waals surface area contributed by atoms with E-state index in [1.807, 2.05) is 30.3 Å². The quantitative estimate of drug-likeness (QED) is 0.741. The van der Waals surface area contributed by atoms with Gasteiger partial charge in [-0.15, -0.1) is 0 Å². The predicted octanol–water partition coefficient (Wildman–Crippen LogP) is 3.15. The Labute approximate surface area is 164 Å². The van der Waals surface area contributed by atoms with Crippen LogP contribution in [0, 0.1) is 0 Å². The summed E-state index contributed by atoms with van der Waals surface area (Å²) in [6, 6.07) is 12.7. The van der Waals surface area contributed by atoms with Crippen molar-refractivity contribution in [1.29, 1.82) is 0 Å². The number of nitrogens with zero attached hydrogens (tertiary/aromatic N) is 1. The number of carbonyl (C=O) groups is 1. The summed E-state index contributed by atoms with van der Waals surface area (Å²) in [7, 11) is 0. The summed E-state index contributed by atoms with van der Waals surface area (Å²) < 4.78 is 7.17. The normalized spacial score (nSPS) is 16.0. The molecule has 2 aromatic rings. The first-order valence-electron chi connectivity index (χ1n) is 9.39. The molecule has 0 unspecified atom stereocenters. The zero-order valence-corrected chi connectivity index (χ0v) is 16.1. The molecule has 0 saturated carbocycles. The van der Waals surface area contributed by atoms with Crippen LogP contribution >= 0.6 is 11.6 Å².